The molecule has 1 atom stereocenters. The molecule has 2 fully saturated rings. The third-order valence-electron chi connectivity index (χ3n) is 7.55. The summed E-state index contributed by atoms with van der Waals surface area (Å²) in [6, 6.07) is 12.0. The molecule has 1 saturated carbocycles. The molecule has 1 aliphatic carbocycles. The van der Waals surface area contributed by atoms with Gasteiger partial charge in [0.1, 0.15) is 0 Å². The Balaban J connectivity index is 1.58. The van der Waals surface area contributed by atoms with Gasteiger partial charge in [-0.3, -0.25) is 9.69 Å². The molecule has 0 unspecified atom stereocenters. The smallest absolute Gasteiger partial charge is 0.368 e. The molecule has 0 aromatic heterocycles. The van der Waals surface area contributed by atoms with Crippen LogP contribution in [-0.2, 0) is 9.84 Å². The van der Waals surface area contributed by atoms with Gasteiger partial charge in [0, 0.05) is 43.1 Å². The molecule has 0 spiro atoms. The van der Waals surface area contributed by atoms with Crippen molar-refractivity contribution in [2.75, 3.05) is 37.3 Å². The van der Waals surface area contributed by atoms with Gasteiger partial charge in [-0.2, -0.15) is 13.2 Å². The fourth-order valence-corrected chi connectivity index (χ4v) is 6.70. The van der Waals surface area contributed by atoms with E-state index in [1.165, 1.54) is 12.1 Å². The summed E-state index contributed by atoms with van der Waals surface area (Å²) in [6.45, 7) is 2.38. The second-order valence-corrected chi connectivity index (χ2v) is 12.4. The average molecular weight is 558 g/mol. The highest BCUT2D eigenvalue weighted by Crippen LogP contribution is 2.41. The Kier molecular flexibility index (Phi) is 8.11. The first-order chi connectivity index (χ1) is 17.3. The normalized spacial score (nSPS) is 23.7. The van der Waals surface area contributed by atoms with Gasteiger partial charge in [-0.1, -0.05) is 29.8 Å². The number of nitrogens with zero attached hydrogens (tertiary/aromatic N) is 2. The minimum atomic E-state index is -4.13. The van der Waals surface area contributed by atoms with Crippen LogP contribution in [0, 0.1) is 11.8 Å². The van der Waals surface area contributed by atoms with Crippen molar-refractivity contribution in [2.45, 2.75) is 42.8 Å². The van der Waals surface area contributed by atoms with Gasteiger partial charge in [0.15, 0.2) is 9.84 Å². The van der Waals surface area contributed by atoms with Crippen molar-refractivity contribution in [1.29, 1.82) is 0 Å². The number of anilines is 1. The maximum absolute atomic E-state index is 13.1. The van der Waals surface area contributed by atoms with E-state index in [0.717, 1.165) is 11.8 Å². The van der Waals surface area contributed by atoms with Crippen LogP contribution in [0.2, 0.25) is 5.02 Å². The Hall–Kier alpha value is -2.30. The number of rotatable bonds is 6. The van der Waals surface area contributed by atoms with Gasteiger partial charge in [0.2, 0.25) is 5.91 Å². The van der Waals surface area contributed by atoms with Crippen molar-refractivity contribution in [3.05, 3.63) is 58.6 Å². The monoisotopic (exact) mass is 557 g/mol. The van der Waals surface area contributed by atoms with Gasteiger partial charge >= 0.3 is 6.18 Å². The number of hydrogen-bond donors (Lipinski definition) is 1. The first-order valence-electron chi connectivity index (χ1n) is 12.3. The molecule has 37 heavy (non-hydrogen) atoms. The number of benzene rings is 2. The topological polar surface area (TPSA) is 83.7 Å². The molecule has 0 bridgehead atoms. The van der Waals surface area contributed by atoms with Gasteiger partial charge in [0.25, 0.3) is 0 Å². The van der Waals surface area contributed by atoms with Crippen LogP contribution in [-0.4, -0.2) is 57.8 Å². The minimum absolute atomic E-state index is 0.0537. The van der Waals surface area contributed by atoms with Crippen LogP contribution < -0.4 is 10.6 Å². The average Bonchev–Trinajstić information content (AvgIpc) is 2.83. The quantitative estimate of drug-likeness (QED) is 0.536. The number of hydrogen-bond acceptors (Lipinski definition) is 5. The zero-order valence-corrected chi connectivity index (χ0v) is 22.1. The molecule has 1 saturated heterocycles. The van der Waals surface area contributed by atoms with E-state index in [1.54, 1.807) is 6.07 Å². The Labute approximate surface area is 220 Å². The molecule has 11 heteroatoms. The first-order valence-corrected chi connectivity index (χ1v) is 14.6. The second-order valence-electron chi connectivity index (χ2n) is 10.1. The number of primary amides is 1. The maximum Gasteiger partial charge on any atom is 0.391 e. The Morgan fingerprint density at radius 2 is 1.76 bits per heavy atom. The predicted molar refractivity (Wildman–Crippen MR) is 138 cm³/mol. The summed E-state index contributed by atoms with van der Waals surface area (Å²) in [6.07, 6.45) is -1.71. The molecule has 4 rings (SSSR count). The van der Waals surface area contributed by atoms with Gasteiger partial charge in [-0.25, -0.2) is 8.42 Å². The third kappa shape index (κ3) is 6.41. The molecule has 1 aliphatic heterocycles. The number of piperazine rings is 1. The summed E-state index contributed by atoms with van der Waals surface area (Å²) >= 11 is 6.57. The van der Waals surface area contributed by atoms with Gasteiger partial charge < -0.3 is 10.6 Å². The molecule has 0 radical (unpaired) electrons. The van der Waals surface area contributed by atoms with Crippen molar-refractivity contribution < 1.29 is 26.4 Å². The molecule has 2 aromatic rings. The molecular weight excluding hydrogens is 527 g/mol. The van der Waals surface area contributed by atoms with Crippen LogP contribution in [0.25, 0.3) is 0 Å². The van der Waals surface area contributed by atoms with E-state index in [1.807, 2.05) is 29.2 Å². The van der Waals surface area contributed by atoms with Crippen molar-refractivity contribution in [2.24, 2.45) is 17.6 Å². The SMILES string of the molecule is CS(=O)(=O)c1cc(N2CCN(CC3CCC(C(F)(F)F)CC3)[C@H](c3ccccc3Cl)C2)ccc1C(N)=O. The van der Waals surface area contributed by atoms with Gasteiger partial charge in [-0.15, -0.1) is 0 Å². The van der Waals surface area contributed by atoms with E-state index in [2.05, 4.69) is 4.90 Å². The van der Waals surface area contributed by atoms with E-state index < -0.39 is 27.8 Å². The summed E-state index contributed by atoms with van der Waals surface area (Å²) < 4.78 is 64.1. The Bertz CT molecular complexity index is 1250. The number of nitrogens with two attached hydrogens (primary N) is 1. The largest absolute Gasteiger partial charge is 0.391 e. The second kappa shape index (κ2) is 10.8. The van der Waals surface area contributed by atoms with Crippen molar-refractivity contribution in [1.82, 2.24) is 4.90 Å². The minimum Gasteiger partial charge on any atom is -0.368 e. The van der Waals surface area contributed by atoms with Gasteiger partial charge in [-0.05, 0) is 61.4 Å². The summed E-state index contributed by atoms with van der Waals surface area (Å²) in [5.74, 6) is -1.86. The van der Waals surface area contributed by atoms with Crippen LogP contribution in [0.5, 0.6) is 0 Å². The van der Waals surface area contributed by atoms with Crippen LogP contribution in [0.4, 0.5) is 18.9 Å². The van der Waals surface area contributed by atoms with E-state index >= 15 is 0 Å². The molecule has 2 N–H and O–H groups in total. The molecule has 202 valence electrons. The standard InChI is InChI=1S/C26H31ClF3N3O3S/c1-37(35,36)24-14-19(10-11-21(24)25(31)34)32-12-13-33(23(16-32)20-4-2-3-5-22(20)27)15-17-6-8-18(9-7-17)26(28,29)30/h2-5,10-11,14,17-18,23H,6-9,12-13,15-16H2,1H3,(H2,31,34)/t17?,18?,23-/m0/s1. The number of carbonyl (C=O) groups excluding carboxylic acids is 1. The molecule has 2 aliphatic rings. The lowest BCUT2D eigenvalue weighted by Crippen LogP contribution is -2.50. The lowest BCUT2D eigenvalue weighted by atomic mass is 9.81. The Morgan fingerprint density at radius 1 is 1.08 bits per heavy atom. The molecule has 6 nitrogen and oxygen atoms in total. The molecular formula is C26H31ClF3N3O3S. The molecule has 1 heterocycles. The van der Waals surface area contributed by atoms with E-state index in [4.69, 9.17) is 17.3 Å². The first kappa shape index (κ1) is 27.7. The zero-order chi connectivity index (χ0) is 27.0. The zero-order valence-electron chi connectivity index (χ0n) is 20.5. The number of amides is 1. The van der Waals surface area contributed by atoms with Crippen molar-refractivity contribution >= 4 is 33.0 Å². The summed E-state index contributed by atoms with van der Waals surface area (Å²) in [5, 5.41) is 0.598. The van der Waals surface area contributed by atoms with Crippen LogP contribution in [0.3, 0.4) is 0 Å². The van der Waals surface area contributed by atoms with E-state index in [-0.39, 0.29) is 35.3 Å². The van der Waals surface area contributed by atoms with Crippen molar-refractivity contribution in [3.8, 4) is 0 Å². The predicted octanol–water partition coefficient (Wildman–Crippen LogP) is 5.07. The highest BCUT2D eigenvalue weighted by molar-refractivity contribution is 7.90. The lowest BCUT2D eigenvalue weighted by molar-refractivity contribution is -0.184. The number of alkyl halides is 3. The van der Waals surface area contributed by atoms with Gasteiger partial charge in [0.05, 0.1) is 22.4 Å². The van der Waals surface area contributed by atoms with Crippen LogP contribution in [0.1, 0.15) is 47.6 Å². The summed E-state index contributed by atoms with van der Waals surface area (Å²) in [5.41, 5.74) is 6.90. The summed E-state index contributed by atoms with van der Waals surface area (Å²) in [4.78, 5) is 16.0. The van der Waals surface area contributed by atoms with E-state index in [0.29, 0.717) is 49.7 Å². The lowest BCUT2D eigenvalue weighted by Gasteiger charge is -2.45. The van der Waals surface area contributed by atoms with Crippen molar-refractivity contribution in [3.63, 3.8) is 0 Å². The summed E-state index contributed by atoms with van der Waals surface area (Å²) in [7, 11) is -3.70. The van der Waals surface area contributed by atoms with Crippen LogP contribution >= 0.6 is 11.6 Å². The fourth-order valence-electron chi connectivity index (χ4n) is 5.54. The third-order valence-corrected chi connectivity index (χ3v) is 9.03. The number of halogens is 4. The highest BCUT2D eigenvalue weighted by Gasteiger charge is 2.42. The molecule has 1 amide bonds. The maximum atomic E-state index is 13.1. The van der Waals surface area contributed by atoms with Crippen LogP contribution in [0.15, 0.2) is 47.4 Å². The number of carbonyl (C=O) groups is 1. The van der Waals surface area contributed by atoms with E-state index in [9.17, 15) is 26.4 Å². The Morgan fingerprint density at radius 3 is 2.35 bits per heavy atom. The number of sulfone groups is 1. The highest BCUT2D eigenvalue weighted by atomic mass is 35.5. The fraction of sp³-hybridized carbons (Fsp3) is 0.500. The molecule has 2 aromatic carbocycles.